The Labute approximate surface area is 123 Å². The van der Waals surface area contributed by atoms with Gasteiger partial charge in [-0.05, 0) is 37.8 Å². The Balaban J connectivity index is 2.11. The standard InChI is InChI=1S/C14H21N3O2S/c1-3-15-13-5-4-11(8-14(13)17(18)19)9-16(2)12-6-7-20-10-12/h4-5,8,12,15H,3,6-7,9-10H2,1-2H3. The fourth-order valence-electron chi connectivity index (χ4n) is 2.45. The topological polar surface area (TPSA) is 58.4 Å². The van der Waals surface area contributed by atoms with Crippen molar-refractivity contribution in [2.45, 2.75) is 25.9 Å². The lowest BCUT2D eigenvalue weighted by Crippen LogP contribution is -2.30. The molecule has 1 aromatic carbocycles. The van der Waals surface area contributed by atoms with Gasteiger partial charge in [0.15, 0.2) is 0 Å². The third-order valence-electron chi connectivity index (χ3n) is 3.59. The minimum absolute atomic E-state index is 0.165. The first-order chi connectivity index (χ1) is 9.61. The van der Waals surface area contributed by atoms with E-state index in [2.05, 4.69) is 17.3 Å². The van der Waals surface area contributed by atoms with E-state index < -0.39 is 0 Å². The van der Waals surface area contributed by atoms with Gasteiger partial charge in [-0.15, -0.1) is 0 Å². The highest BCUT2D eigenvalue weighted by molar-refractivity contribution is 7.99. The number of rotatable bonds is 6. The lowest BCUT2D eigenvalue weighted by molar-refractivity contribution is -0.384. The zero-order valence-electron chi connectivity index (χ0n) is 12.0. The van der Waals surface area contributed by atoms with Crippen molar-refractivity contribution in [1.82, 2.24) is 4.90 Å². The number of nitrogens with one attached hydrogen (secondary N) is 1. The lowest BCUT2D eigenvalue weighted by atomic mass is 10.1. The first-order valence-electron chi connectivity index (χ1n) is 6.91. The minimum Gasteiger partial charge on any atom is -0.380 e. The summed E-state index contributed by atoms with van der Waals surface area (Å²) in [5.41, 5.74) is 1.76. The summed E-state index contributed by atoms with van der Waals surface area (Å²) in [6.45, 7) is 3.38. The molecule has 0 radical (unpaired) electrons. The molecule has 0 amide bonds. The normalized spacial score (nSPS) is 18.4. The van der Waals surface area contributed by atoms with Gasteiger partial charge in [0.05, 0.1) is 4.92 Å². The first-order valence-corrected chi connectivity index (χ1v) is 8.06. The van der Waals surface area contributed by atoms with Crippen molar-refractivity contribution in [2.75, 3.05) is 30.4 Å². The molecule has 1 fully saturated rings. The molecular formula is C14H21N3O2S. The van der Waals surface area contributed by atoms with E-state index in [0.29, 0.717) is 18.3 Å². The molecule has 20 heavy (non-hydrogen) atoms. The zero-order valence-corrected chi connectivity index (χ0v) is 12.8. The van der Waals surface area contributed by atoms with E-state index in [9.17, 15) is 10.1 Å². The molecule has 1 heterocycles. The molecule has 0 spiro atoms. The Bertz CT molecular complexity index is 475. The van der Waals surface area contributed by atoms with Crippen molar-refractivity contribution in [3.8, 4) is 0 Å². The van der Waals surface area contributed by atoms with Crippen molar-refractivity contribution in [1.29, 1.82) is 0 Å². The van der Waals surface area contributed by atoms with E-state index in [-0.39, 0.29) is 10.6 Å². The molecule has 1 N–H and O–H groups in total. The number of hydrogen-bond donors (Lipinski definition) is 1. The van der Waals surface area contributed by atoms with Crippen LogP contribution in [-0.4, -0.2) is 41.0 Å². The van der Waals surface area contributed by atoms with Crippen LogP contribution in [0.3, 0.4) is 0 Å². The Kier molecular flexibility index (Phi) is 5.25. The average molecular weight is 295 g/mol. The minimum atomic E-state index is -0.313. The van der Waals surface area contributed by atoms with Crippen LogP contribution in [0.2, 0.25) is 0 Å². The molecular weight excluding hydrogens is 274 g/mol. The summed E-state index contributed by atoms with van der Waals surface area (Å²) in [6, 6.07) is 6.07. The molecule has 1 aliphatic heterocycles. The largest absolute Gasteiger partial charge is 0.380 e. The van der Waals surface area contributed by atoms with Gasteiger partial charge in [0.1, 0.15) is 5.69 Å². The van der Waals surface area contributed by atoms with Gasteiger partial charge in [-0.1, -0.05) is 6.07 Å². The lowest BCUT2D eigenvalue weighted by Gasteiger charge is -2.23. The molecule has 1 unspecified atom stereocenters. The number of hydrogen-bond acceptors (Lipinski definition) is 5. The van der Waals surface area contributed by atoms with Crippen LogP contribution in [0.4, 0.5) is 11.4 Å². The highest BCUT2D eigenvalue weighted by Crippen LogP contribution is 2.27. The fourth-order valence-corrected chi connectivity index (χ4v) is 3.75. The Hall–Kier alpha value is -1.27. The Morgan fingerprint density at radius 3 is 2.95 bits per heavy atom. The number of anilines is 1. The van der Waals surface area contributed by atoms with Crippen molar-refractivity contribution in [3.63, 3.8) is 0 Å². The molecule has 0 aliphatic carbocycles. The van der Waals surface area contributed by atoms with Gasteiger partial charge in [0.25, 0.3) is 5.69 Å². The molecule has 2 rings (SSSR count). The fraction of sp³-hybridized carbons (Fsp3) is 0.571. The third-order valence-corrected chi connectivity index (χ3v) is 4.73. The van der Waals surface area contributed by atoms with E-state index in [0.717, 1.165) is 17.9 Å². The van der Waals surface area contributed by atoms with Crippen LogP contribution in [0.5, 0.6) is 0 Å². The van der Waals surface area contributed by atoms with Crippen molar-refractivity contribution in [3.05, 3.63) is 33.9 Å². The van der Waals surface area contributed by atoms with Crippen LogP contribution in [-0.2, 0) is 6.54 Å². The molecule has 1 aromatic rings. The van der Waals surface area contributed by atoms with Crippen molar-refractivity contribution < 1.29 is 4.92 Å². The maximum Gasteiger partial charge on any atom is 0.292 e. The number of nitro benzene ring substituents is 1. The van der Waals surface area contributed by atoms with Crippen LogP contribution in [0.15, 0.2) is 18.2 Å². The van der Waals surface area contributed by atoms with Gasteiger partial charge in [0.2, 0.25) is 0 Å². The molecule has 0 bridgehead atoms. The summed E-state index contributed by atoms with van der Waals surface area (Å²) in [6.07, 6.45) is 1.21. The zero-order chi connectivity index (χ0) is 14.5. The quantitative estimate of drug-likeness (QED) is 0.646. The van der Waals surface area contributed by atoms with Gasteiger partial charge in [-0.2, -0.15) is 11.8 Å². The van der Waals surface area contributed by atoms with Gasteiger partial charge in [-0.3, -0.25) is 15.0 Å². The predicted molar refractivity (Wildman–Crippen MR) is 84.5 cm³/mol. The predicted octanol–water partition coefficient (Wildman–Crippen LogP) is 2.96. The molecule has 0 aromatic heterocycles. The Morgan fingerprint density at radius 2 is 2.35 bits per heavy atom. The molecule has 1 saturated heterocycles. The molecule has 1 atom stereocenters. The second-order valence-electron chi connectivity index (χ2n) is 5.07. The van der Waals surface area contributed by atoms with Gasteiger partial charge >= 0.3 is 0 Å². The van der Waals surface area contributed by atoms with Crippen molar-refractivity contribution in [2.24, 2.45) is 0 Å². The summed E-state index contributed by atoms with van der Waals surface area (Å²) in [5, 5.41) is 14.2. The van der Waals surface area contributed by atoms with E-state index in [1.165, 1.54) is 12.2 Å². The summed E-state index contributed by atoms with van der Waals surface area (Å²) in [4.78, 5) is 13.1. The number of benzene rings is 1. The smallest absolute Gasteiger partial charge is 0.292 e. The summed E-state index contributed by atoms with van der Waals surface area (Å²) < 4.78 is 0. The molecule has 6 heteroatoms. The number of thioether (sulfide) groups is 1. The van der Waals surface area contributed by atoms with E-state index in [1.54, 1.807) is 6.07 Å². The monoisotopic (exact) mass is 295 g/mol. The van der Waals surface area contributed by atoms with E-state index in [1.807, 2.05) is 30.8 Å². The molecule has 1 aliphatic rings. The van der Waals surface area contributed by atoms with Crippen LogP contribution in [0, 0.1) is 10.1 Å². The summed E-state index contributed by atoms with van der Waals surface area (Å²) in [5.74, 6) is 2.38. The molecule has 5 nitrogen and oxygen atoms in total. The highest BCUT2D eigenvalue weighted by atomic mass is 32.2. The number of nitro groups is 1. The van der Waals surface area contributed by atoms with Crippen LogP contribution < -0.4 is 5.32 Å². The van der Waals surface area contributed by atoms with Crippen LogP contribution in [0.1, 0.15) is 18.9 Å². The molecule has 110 valence electrons. The van der Waals surface area contributed by atoms with Crippen molar-refractivity contribution >= 4 is 23.1 Å². The average Bonchev–Trinajstić information content (AvgIpc) is 2.94. The SMILES string of the molecule is CCNc1ccc(CN(C)C2CCSC2)cc1[N+](=O)[O-]. The van der Waals surface area contributed by atoms with Gasteiger partial charge in [-0.25, -0.2) is 0 Å². The maximum absolute atomic E-state index is 11.1. The molecule has 0 saturated carbocycles. The second kappa shape index (κ2) is 6.95. The number of nitrogens with zero attached hydrogens (tertiary/aromatic N) is 2. The van der Waals surface area contributed by atoms with E-state index >= 15 is 0 Å². The summed E-state index contributed by atoms with van der Waals surface area (Å²) in [7, 11) is 2.10. The summed E-state index contributed by atoms with van der Waals surface area (Å²) >= 11 is 1.98. The van der Waals surface area contributed by atoms with Crippen LogP contribution >= 0.6 is 11.8 Å². The third kappa shape index (κ3) is 3.64. The Morgan fingerprint density at radius 1 is 1.55 bits per heavy atom. The van der Waals surface area contributed by atoms with Gasteiger partial charge < -0.3 is 5.32 Å². The van der Waals surface area contributed by atoms with Gasteiger partial charge in [0, 0.05) is 31.0 Å². The van der Waals surface area contributed by atoms with E-state index in [4.69, 9.17) is 0 Å². The second-order valence-corrected chi connectivity index (χ2v) is 6.22. The maximum atomic E-state index is 11.1. The van der Waals surface area contributed by atoms with Crippen LogP contribution in [0.25, 0.3) is 0 Å². The first kappa shape index (κ1) is 15.1. The highest BCUT2D eigenvalue weighted by Gasteiger charge is 2.21.